The van der Waals surface area contributed by atoms with Crippen LogP contribution < -0.4 is 0 Å². The van der Waals surface area contributed by atoms with E-state index in [1.54, 1.807) is 0 Å². The number of aromatic nitrogens is 2. The van der Waals surface area contributed by atoms with Gasteiger partial charge < -0.3 is 5.11 Å². The first-order valence-electron chi connectivity index (χ1n) is 5.62. The standard InChI is InChI=1S/C13H14N2O/c16-9-10-1-5-12(6-2-10)15-8-7-13(14-15)11-3-4-11/h1-2,5-8,11,16H,3-4,9H2. The van der Waals surface area contributed by atoms with Crippen LogP contribution in [0.3, 0.4) is 0 Å². The van der Waals surface area contributed by atoms with Crippen molar-refractivity contribution < 1.29 is 5.11 Å². The Morgan fingerprint density at radius 3 is 2.56 bits per heavy atom. The van der Waals surface area contributed by atoms with Crippen molar-refractivity contribution in [2.24, 2.45) is 0 Å². The molecule has 0 atom stereocenters. The van der Waals surface area contributed by atoms with Gasteiger partial charge >= 0.3 is 0 Å². The van der Waals surface area contributed by atoms with E-state index in [0.717, 1.165) is 11.3 Å². The fourth-order valence-corrected chi connectivity index (χ4v) is 1.83. The second-order valence-corrected chi connectivity index (χ2v) is 4.28. The summed E-state index contributed by atoms with van der Waals surface area (Å²) in [5, 5.41) is 13.5. The van der Waals surface area contributed by atoms with E-state index in [0.29, 0.717) is 5.92 Å². The van der Waals surface area contributed by atoms with Crippen LogP contribution in [0.1, 0.15) is 30.0 Å². The van der Waals surface area contributed by atoms with Crippen molar-refractivity contribution in [2.75, 3.05) is 0 Å². The summed E-state index contributed by atoms with van der Waals surface area (Å²) in [6.45, 7) is 0.0900. The van der Waals surface area contributed by atoms with Gasteiger partial charge in [0.1, 0.15) is 0 Å². The minimum Gasteiger partial charge on any atom is -0.392 e. The number of benzene rings is 1. The number of hydrogen-bond donors (Lipinski definition) is 1. The van der Waals surface area contributed by atoms with Crippen LogP contribution in [-0.4, -0.2) is 14.9 Å². The summed E-state index contributed by atoms with van der Waals surface area (Å²) in [6, 6.07) is 9.91. The average molecular weight is 214 g/mol. The minimum atomic E-state index is 0.0900. The highest BCUT2D eigenvalue weighted by Gasteiger charge is 2.25. The highest BCUT2D eigenvalue weighted by Crippen LogP contribution is 2.38. The largest absolute Gasteiger partial charge is 0.392 e. The number of aliphatic hydroxyl groups is 1. The number of rotatable bonds is 3. The van der Waals surface area contributed by atoms with Crippen LogP contribution in [0.5, 0.6) is 0 Å². The molecule has 82 valence electrons. The van der Waals surface area contributed by atoms with Crippen LogP contribution in [0.15, 0.2) is 36.5 Å². The molecule has 3 rings (SSSR count). The normalized spacial score (nSPS) is 15.3. The van der Waals surface area contributed by atoms with Crippen LogP contribution in [-0.2, 0) is 6.61 Å². The molecule has 1 N–H and O–H groups in total. The molecule has 1 aromatic carbocycles. The summed E-state index contributed by atoms with van der Waals surface area (Å²) in [6.07, 6.45) is 4.56. The highest BCUT2D eigenvalue weighted by atomic mass is 16.3. The molecule has 1 heterocycles. The number of nitrogens with zero attached hydrogens (tertiary/aromatic N) is 2. The molecule has 3 heteroatoms. The molecular weight excluding hydrogens is 200 g/mol. The van der Waals surface area contributed by atoms with E-state index in [-0.39, 0.29) is 6.61 Å². The molecule has 0 radical (unpaired) electrons. The van der Waals surface area contributed by atoms with Gasteiger partial charge in [-0.3, -0.25) is 0 Å². The molecule has 1 aliphatic carbocycles. The summed E-state index contributed by atoms with van der Waals surface area (Å²) in [5.41, 5.74) is 3.17. The van der Waals surface area contributed by atoms with Crippen molar-refractivity contribution in [1.82, 2.24) is 9.78 Å². The van der Waals surface area contributed by atoms with Gasteiger partial charge in [-0.2, -0.15) is 5.10 Å². The molecule has 0 spiro atoms. The van der Waals surface area contributed by atoms with E-state index in [1.807, 2.05) is 35.1 Å². The smallest absolute Gasteiger partial charge is 0.0681 e. The monoisotopic (exact) mass is 214 g/mol. The molecule has 0 saturated heterocycles. The Bertz CT molecular complexity index is 483. The van der Waals surface area contributed by atoms with E-state index >= 15 is 0 Å². The molecule has 1 aliphatic rings. The van der Waals surface area contributed by atoms with Gasteiger partial charge in [-0.05, 0) is 36.6 Å². The van der Waals surface area contributed by atoms with Gasteiger partial charge in [0.05, 0.1) is 18.0 Å². The lowest BCUT2D eigenvalue weighted by atomic mass is 10.2. The van der Waals surface area contributed by atoms with Crippen molar-refractivity contribution >= 4 is 0 Å². The maximum atomic E-state index is 8.96. The summed E-state index contributed by atoms with van der Waals surface area (Å²) in [7, 11) is 0. The van der Waals surface area contributed by atoms with Crippen molar-refractivity contribution in [1.29, 1.82) is 0 Å². The van der Waals surface area contributed by atoms with Crippen molar-refractivity contribution in [3.05, 3.63) is 47.8 Å². The molecule has 2 aromatic rings. The fraction of sp³-hybridized carbons (Fsp3) is 0.308. The number of aliphatic hydroxyl groups excluding tert-OH is 1. The third-order valence-corrected chi connectivity index (χ3v) is 2.99. The van der Waals surface area contributed by atoms with Gasteiger partial charge in [0, 0.05) is 12.1 Å². The third kappa shape index (κ3) is 1.74. The molecule has 0 unspecified atom stereocenters. The molecule has 1 fully saturated rings. The second kappa shape index (κ2) is 3.76. The molecule has 1 saturated carbocycles. The van der Waals surface area contributed by atoms with Gasteiger partial charge in [-0.1, -0.05) is 12.1 Å². The summed E-state index contributed by atoms with van der Waals surface area (Å²) in [5.74, 6) is 0.693. The lowest BCUT2D eigenvalue weighted by Gasteiger charge is -2.02. The molecule has 0 amide bonds. The molecule has 0 aliphatic heterocycles. The van der Waals surface area contributed by atoms with Crippen molar-refractivity contribution in [3.63, 3.8) is 0 Å². The van der Waals surface area contributed by atoms with Gasteiger partial charge in [-0.25, -0.2) is 4.68 Å². The Kier molecular flexibility index (Phi) is 2.26. The first-order valence-corrected chi connectivity index (χ1v) is 5.62. The zero-order valence-electron chi connectivity index (χ0n) is 9.00. The van der Waals surface area contributed by atoms with Crippen LogP contribution >= 0.6 is 0 Å². The minimum absolute atomic E-state index is 0.0900. The Hall–Kier alpha value is -1.61. The Morgan fingerprint density at radius 2 is 1.94 bits per heavy atom. The molecular formula is C13H14N2O. The fourth-order valence-electron chi connectivity index (χ4n) is 1.83. The van der Waals surface area contributed by atoms with Gasteiger partial charge in [0.2, 0.25) is 0 Å². The Morgan fingerprint density at radius 1 is 1.19 bits per heavy atom. The zero-order valence-corrected chi connectivity index (χ0v) is 9.00. The van der Waals surface area contributed by atoms with Crippen LogP contribution in [0, 0.1) is 0 Å². The number of hydrogen-bond acceptors (Lipinski definition) is 2. The first kappa shape index (κ1) is 9.60. The average Bonchev–Trinajstić information content (AvgIpc) is 3.08. The topological polar surface area (TPSA) is 38.0 Å². The van der Waals surface area contributed by atoms with E-state index in [2.05, 4.69) is 11.2 Å². The van der Waals surface area contributed by atoms with Crippen LogP contribution in [0.4, 0.5) is 0 Å². The van der Waals surface area contributed by atoms with E-state index in [9.17, 15) is 0 Å². The second-order valence-electron chi connectivity index (χ2n) is 4.28. The predicted molar refractivity (Wildman–Crippen MR) is 61.5 cm³/mol. The van der Waals surface area contributed by atoms with Crippen molar-refractivity contribution in [2.45, 2.75) is 25.4 Å². The molecule has 3 nitrogen and oxygen atoms in total. The zero-order chi connectivity index (χ0) is 11.0. The predicted octanol–water partition coefficient (Wildman–Crippen LogP) is 2.24. The Balaban J connectivity index is 1.88. The summed E-state index contributed by atoms with van der Waals surface area (Å²) in [4.78, 5) is 0. The molecule has 1 aromatic heterocycles. The summed E-state index contributed by atoms with van der Waals surface area (Å²) < 4.78 is 1.90. The van der Waals surface area contributed by atoms with E-state index in [1.165, 1.54) is 18.5 Å². The van der Waals surface area contributed by atoms with Gasteiger partial charge in [0.25, 0.3) is 0 Å². The first-order chi connectivity index (χ1) is 7.86. The lowest BCUT2D eigenvalue weighted by Crippen LogP contribution is -1.96. The van der Waals surface area contributed by atoms with Gasteiger partial charge in [0.15, 0.2) is 0 Å². The summed E-state index contributed by atoms with van der Waals surface area (Å²) >= 11 is 0. The third-order valence-electron chi connectivity index (χ3n) is 2.99. The highest BCUT2D eigenvalue weighted by molar-refractivity contribution is 5.34. The quantitative estimate of drug-likeness (QED) is 0.851. The van der Waals surface area contributed by atoms with E-state index in [4.69, 9.17) is 5.11 Å². The molecule has 16 heavy (non-hydrogen) atoms. The van der Waals surface area contributed by atoms with Crippen molar-refractivity contribution in [3.8, 4) is 5.69 Å². The maximum absolute atomic E-state index is 8.96. The van der Waals surface area contributed by atoms with Crippen LogP contribution in [0.2, 0.25) is 0 Å². The lowest BCUT2D eigenvalue weighted by molar-refractivity contribution is 0.282. The Labute approximate surface area is 94.3 Å². The molecule has 0 bridgehead atoms. The van der Waals surface area contributed by atoms with E-state index < -0.39 is 0 Å². The van der Waals surface area contributed by atoms with Crippen LogP contribution in [0.25, 0.3) is 5.69 Å². The SMILES string of the molecule is OCc1ccc(-n2ccc(C3CC3)n2)cc1. The maximum Gasteiger partial charge on any atom is 0.0681 e. The van der Waals surface area contributed by atoms with Gasteiger partial charge in [-0.15, -0.1) is 0 Å².